The molecule has 1 fully saturated rings. The maximum absolute atomic E-state index is 12.4. The Bertz CT molecular complexity index is 474. The smallest absolute Gasteiger partial charge is 0.163 e. The number of benzene rings is 1. The van der Waals surface area contributed by atoms with E-state index in [2.05, 4.69) is 55.6 Å². The molecule has 0 aromatic heterocycles. The SMILES string of the molecule is CC1(C)CC(CC(=O)c2ccc(I)cc2)CC(C)(C)N1. The third kappa shape index (κ3) is 4.29. The molecule has 0 radical (unpaired) electrons. The molecule has 1 N–H and O–H groups in total. The van der Waals surface area contributed by atoms with Gasteiger partial charge in [-0.3, -0.25) is 4.79 Å². The van der Waals surface area contributed by atoms with Crippen molar-refractivity contribution in [3.63, 3.8) is 0 Å². The van der Waals surface area contributed by atoms with Crippen molar-refractivity contribution in [1.29, 1.82) is 0 Å². The monoisotopic (exact) mass is 385 g/mol. The maximum atomic E-state index is 12.4. The van der Waals surface area contributed by atoms with Crippen molar-refractivity contribution in [2.24, 2.45) is 5.92 Å². The predicted octanol–water partition coefficient (Wildman–Crippen LogP) is 4.42. The fourth-order valence-electron chi connectivity index (χ4n) is 3.69. The average Bonchev–Trinajstić information content (AvgIpc) is 2.25. The lowest BCUT2D eigenvalue weighted by molar-refractivity contribution is 0.0864. The molecule has 0 unspecified atom stereocenters. The first-order valence-corrected chi connectivity index (χ1v) is 8.33. The molecule has 0 bridgehead atoms. The molecule has 0 aliphatic carbocycles. The first-order chi connectivity index (χ1) is 9.17. The fraction of sp³-hybridized carbons (Fsp3) is 0.588. The van der Waals surface area contributed by atoms with Gasteiger partial charge in [-0.1, -0.05) is 12.1 Å². The van der Waals surface area contributed by atoms with Gasteiger partial charge in [-0.15, -0.1) is 0 Å². The Morgan fingerprint density at radius 2 is 1.65 bits per heavy atom. The van der Waals surface area contributed by atoms with Crippen molar-refractivity contribution in [2.45, 2.75) is 58.0 Å². The molecule has 0 spiro atoms. The molecule has 0 amide bonds. The summed E-state index contributed by atoms with van der Waals surface area (Å²) in [5.74, 6) is 0.743. The highest BCUT2D eigenvalue weighted by molar-refractivity contribution is 14.1. The van der Waals surface area contributed by atoms with Gasteiger partial charge in [0, 0.05) is 26.6 Å². The number of hydrogen-bond donors (Lipinski definition) is 1. The summed E-state index contributed by atoms with van der Waals surface area (Å²) in [7, 11) is 0. The summed E-state index contributed by atoms with van der Waals surface area (Å²) < 4.78 is 1.17. The fourth-order valence-corrected chi connectivity index (χ4v) is 4.05. The molecule has 1 saturated heterocycles. The summed E-state index contributed by atoms with van der Waals surface area (Å²) in [6.07, 6.45) is 2.79. The van der Waals surface area contributed by atoms with E-state index in [1.807, 2.05) is 24.3 Å². The molecule has 1 aliphatic rings. The molecule has 1 aliphatic heterocycles. The molecule has 0 saturated carbocycles. The van der Waals surface area contributed by atoms with Crippen molar-refractivity contribution in [1.82, 2.24) is 5.32 Å². The van der Waals surface area contributed by atoms with Crippen LogP contribution < -0.4 is 5.32 Å². The minimum absolute atomic E-state index is 0.110. The van der Waals surface area contributed by atoms with E-state index in [-0.39, 0.29) is 16.9 Å². The van der Waals surface area contributed by atoms with Crippen LogP contribution in [-0.4, -0.2) is 16.9 Å². The van der Waals surface area contributed by atoms with Crippen molar-refractivity contribution in [3.05, 3.63) is 33.4 Å². The van der Waals surface area contributed by atoms with Crippen molar-refractivity contribution in [3.8, 4) is 0 Å². The first kappa shape index (κ1) is 16.0. The average molecular weight is 385 g/mol. The van der Waals surface area contributed by atoms with Gasteiger partial charge in [0.05, 0.1) is 0 Å². The van der Waals surface area contributed by atoms with Gasteiger partial charge >= 0.3 is 0 Å². The number of ketones is 1. The number of carbonyl (C=O) groups excluding carboxylic acids is 1. The second kappa shape index (κ2) is 5.76. The Hall–Kier alpha value is -0.420. The molecular weight excluding hydrogens is 361 g/mol. The Labute approximate surface area is 135 Å². The van der Waals surface area contributed by atoms with Gasteiger partial charge in [0.2, 0.25) is 0 Å². The molecule has 0 atom stereocenters. The molecule has 2 rings (SSSR count). The van der Waals surface area contributed by atoms with Gasteiger partial charge in [0.25, 0.3) is 0 Å². The highest BCUT2D eigenvalue weighted by Crippen LogP contribution is 2.35. The van der Waals surface area contributed by atoms with Gasteiger partial charge in [-0.2, -0.15) is 0 Å². The number of halogens is 1. The topological polar surface area (TPSA) is 29.1 Å². The summed E-state index contributed by atoms with van der Waals surface area (Å²) in [5.41, 5.74) is 1.07. The number of nitrogens with one attached hydrogen (secondary N) is 1. The van der Waals surface area contributed by atoms with E-state index in [1.54, 1.807) is 0 Å². The molecule has 1 heterocycles. The first-order valence-electron chi connectivity index (χ1n) is 7.25. The molecule has 3 heteroatoms. The summed E-state index contributed by atoms with van der Waals surface area (Å²) in [6, 6.07) is 7.90. The van der Waals surface area contributed by atoms with E-state index in [4.69, 9.17) is 0 Å². The van der Waals surface area contributed by atoms with Crippen LogP contribution in [-0.2, 0) is 0 Å². The Balaban J connectivity index is 2.05. The van der Waals surface area contributed by atoms with Gasteiger partial charge < -0.3 is 5.32 Å². The van der Waals surface area contributed by atoms with Crippen LogP contribution in [0.4, 0.5) is 0 Å². The van der Waals surface area contributed by atoms with Crippen LogP contribution in [0, 0.1) is 9.49 Å². The van der Waals surface area contributed by atoms with Crippen LogP contribution in [0.1, 0.15) is 57.3 Å². The number of Topliss-reactive ketones (excluding diaryl/α,β-unsaturated/α-hetero) is 1. The number of hydrogen-bond acceptors (Lipinski definition) is 2. The van der Waals surface area contributed by atoms with E-state index in [1.165, 1.54) is 3.57 Å². The van der Waals surface area contributed by atoms with Crippen LogP contribution in [0.25, 0.3) is 0 Å². The van der Waals surface area contributed by atoms with E-state index < -0.39 is 0 Å². The highest BCUT2D eigenvalue weighted by atomic mass is 127. The van der Waals surface area contributed by atoms with Gasteiger partial charge in [0.15, 0.2) is 5.78 Å². The lowest BCUT2D eigenvalue weighted by Crippen LogP contribution is -2.57. The van der Waals surface area contributed by atoms with Crippen molar-refractivity contribution in [2.75, 3.05) is 0 Å². The minimum atomic E-state index is 0.110. The largest absolute Gasteiger partial charge is 0.307 e. The number of rotatable bonds is 3. The van der Waals surface area contributed by atoms with Crippen LogP contribution in [0.2, 0.25) is 0 Å². The zero-order chi connectivity index (χ0) is 15.0. The van der Waals surface area contributed by atoms with Crippen molar-refractivity contribution < 1.29 is 4.79 Å². The van der Waals surface area contributed by atoms with Crippen LogP contribution >= 0.6 is 22.6 Å². The van der Waals surface area contributed by atoms with E-state index >= 15 is 0 Å². The maximum Gasteiger partial charge on any atom is 0.163 e. The third-order valence-corrected chi connectivity index (χ3v) is 4.63. The van der Waals surface area contributed by atoms with E-state index in [9.17, 15) is 4.79 Å². The predicted molar refractivity (Wildman–Crippen MR) is 92.1 cm³/mol. The summed E-state index contributed by atoms with van der Waals surface area (Å²) >= 11 is 2.26. The van der Waals surface area contributed by atoms with Gasteiger partial charge in [0.1, 0.15) is 0 Å². The molecule has 1 aromatic carbocycles. The Morgan fingerprint density at radius 3 is 2.15 bits per heavy atom. The number of piperidine rings is 1. The third-order valence-electron chi connectivity index (χ3n) is 3.92. The number of carbonyl (C=O) groups is 1. The lowest BCUT2D eigenvalue weighted by atomic mass is 9.74. The lowest BCUT2D eigenvalue weighted by Gasteiger charge is -2.46. The van der Waals surface area contributed by atoms with Gasteiger partial charge in [-0.05, 0) is 81.2 Å². The zero-order valence-electron chi connectivity index (χ0n) is 12.8. The second-order valence-corrected chi connectivity index (χ2v) is 8.55. The molecular formula is C17H24INO. The normalized spacial score (nSPS) is 21.6. The minimum Gasteiger partial charge on any atom is -0.307 e. The standard InChI is InChI=1S/C17H24INO/c1-16(2)10-12(11-17(3,4)19-16)9-15(20)13-5-7-14(18)8-6-13/h5-8,12,19H,9-11H2,1-4H3. The molecule has 110 valence electrons. The van der Waals surface area contributed by atoms with E-state index in [0.29, 0.717) is 12.3 Å². The summed E-state index contributed by atoms with van der Waals surface area (Å²) in [5, 5.41) is 3.67. The Morgan fingerprint density at radius 1 is 1.15 bits per heavy atom. The van der Waals surface area contributed by atoms with Crippen molar-refractivity contribution >= 4 is 28.4 Å². The van der Waals surface area contributed by atoms with Gasteiger partial charge in [-0.25, -0.2) is 0 Å². The second-order valence-electron chi connectivity index (χ2n) is 7.30. The summed E-state index contributed by atoms with van der Waals surface area (Å²) in [6.45, 7) is 8.93. The van der Waals surface area contributed by atoms with Crippen LogP contribution in [0.3, 0.4) is 0 Å². The van der Waals surface area contributed by atoms with Crippen LogP contribution in [0.5, 0.6) is 0 Å². The highest BCUT2D eigenvalue weighted by Gasteiger charge is 2.38. The molecule has 1 aromatic rings. The zero-order valence-corrected chi connectivity index (χ0v) is 15.0. The molecule has 2 nitrogen and oxygen atoms in total. The Kier molecular flexibility index (Phi) is 4.59. The van der Waals surface area contributed by atoms with E-state index in [0.717, 1.165) is 18.4 Å². The quantitative estimate of drug-likeness (QED) is 0.617. The molecule has 20 heavy (non-hydrogen) atoms. The van der Waals surface area contributed by atoms with Crippen LogP contribution in [0.15, 0.2) is 24.3 Å². The summed E-state index contributed by atoms with van der Waals surface area (Å²) in [4.78, 5) is 12.4.